The van der Waals surface area contributed by atoms with Gasteiger partial charge in [0, 0.05) is 50.4 Å². The van der Waals surface area contributed by atoms with Gasteiger partial charge in [0.15, 0.2) is 0 Å². The molecule has 5 heteroatoms. The number of amides is 1. The van der Waals surface area contributed by atoms with Gasteiger partial charge in [0.05, 0.1) is 0 Å². The van der Waals surface area contributed by atoms with Gasteiger partial charge in [0.1, 0.15) is 5.69 Å². The van der Waals surface area contributed by atoms with Gasteiger partial charge in [-0.15, -0.1) is 0 Å². The van der Waals surface area contributed by atoms with E-state index < -0.39 is 0 Å². The lowest BCUT2D eigenvalue weighted by Crippen LogP contribution is -2.31. The first-order chi connectivity index (χ1) is 11.0. The third-order valence-corrected chi connectivity index (χ3v) is 3.70. The molecule has 0 aliphatic carbocycles. The molecule has 2 aromatic rings. The number of hydrogen-bond donors (Lipinski definition) is 1. The van der Waals surface area contributed by atoms with E-state index in [1.165, 1.54) is 0 Å². The number of rotatable bonds is 6. The van der Waals surface area contributed by atoms with E-state index in [4.69, 9.17) is 0 Å². The molecule has 5 nitrogen and oxygen atoms in total. The van der Waals surface area contributed by atoms with Crippen LogP contribution in [0.25, 0.3) is 0 Å². The predicted octanol–water partition coefficient (Wildman–Crippen LogP) is 3.37. The van der Waals surface area contributed by atoms with Crippen molar-refractivity contribution in [3.63, 3.8) is 0 Å². The number of benzene rings is 1. The molecule has 0 spiro atoms. The molecule has 0 bridgehead atoms. The molecule has 0 aliphatic rings. The number of carbonyl (C=O) groups is 1. The zero-order chi connectivity index (χ0) is 16.8. The molecule has 0 aliphatic heterocycles. The largest absolute Gasteiger partial charge is 0.378 e. The predicted molar refractivity (Wildman–Crippen MR) is 95.5 cm³/mol. The van der Waals surface area contributed by atoms with Gasteiger partial charge in [-0.1, -0.05) is 0 Å². The van der Waals surface area contributed by atoms with Crippen LogP contribution in [0.15, 0.2) is 42.6 Å². The molecule has 1 N–H and O–H groups in total. The lowest BCUT2D eigenvalue weighted by molar-refractivity contribution is 0.0767. The number of carbonyl (C=O) groups excluding carboxylic acids is 1. The zero-order valence-corrected chi connectivity index (χ0v) is 14.2. The first-order valence-electron chi connectivity index (χ1n) is 7.84. The first-order valence-corrected chi connectivity index (χ1v) is 7.84. The van der Waals surface area contributed by atoms with Crippen LogP contribution in [0.5, 0.6) is 0 Å². The van der Waals surface area contributed by atoms with Crippen molar-refractivity contribution >= 4 is 23.0 Å². The smallest absolute Gasteiger partial charge is 0.272 e. The quantitative estimate of drug-likeness (QED) is 0.888. The summed E-state index contributed by atoms with van der Waals surface area (Å²) < 4.78 is 0. The van der Waals surface area contributed by atoms with Crippen molar-refractivity contribution in [2.75, 3.05) is 37.4 Å². The van der Waals surface area contributed by atoms with Crippen molar-refractivity contribution in [3.05, 3.63) is 48.3 Å². The van der Waals surface area contributed by atoms with Crippen molar-refractivity contribution in [2.45, 2.75) is 13.8 Å². The van der Waals surface area contributed by atoms with Crippen molar-refractivity contribution in [1.29, 1.82) is 0 Å². The second-order valence-electron chi connectivity index (χ2n) is 5.47. The minimum absolute atomic E-state index is 0.0402. The standard InChI is InChI=1S/C18H24N4O/c1-5-22(6-2)18(23)17-13-15(11-12-19-17)20-14-7-9-16(10-8-14)21(3)4/h7-13H,5-6H2,1-4H3,(H,19,20). The van der Waals surface area contributed by atoms with E-state index in [1.807, 2.05) is 58.3 Å². The summed E-state index contributed by atoms with van der Waals surface area (Å²) in [5.74, 6) is -0.0402. The highest BCUT2D eigenvalue weighted by Gasteiger charge is 2.14. The van der Waals surface area contributed by atoms with Crippen molar-refractivity contribution < 1.29 is 4.79 Å². The van der Waals surface area contributed by atoms with Crippen LogP contribution in [-0.2, 0) is 0 Å². The fourth-order valence-electron chi connectivity index (χ4n) is 2.31. The Morgan fingerprint density at radius 3 is 2.26 bits per heavy atom. The van der Waals surface area contributed by atoms with Crippen LogP contribution in [-0.4, -0.2) is 43.0 Å². The summed E-state index contributed by atoms with van der Waals surface area (Å²) >= 11 is 0. The van der Waals surface area contributed by atoms with Crippen LogP contribution < -0.4 is 10.2 Å². The summed E-state index contributed by atoms with van der Waals surface area (Å²) in [5, 5.41) is 3.31. The molecule has 0 radical (unpaired) electrons. The van der Waals surface area contributed by atoms with E-state index in [0.29, 0.717) is 18.8 Å². The Kier molecular flexibility index (Phi) is 5.57. The average Bonchev–Trinajstić information content (AvgIpc) is 2.56. The first kappa shape index (κ1) is 16.8. The minimum Gasteiger partial charge on any atom is -0.378 e. The van der Waals surface area contributed by atoms with Gasteiger partial charge < -0.3 is 15.1 Å². The summed E-state index contributed by atoms with van der Waals surface area (Å²) in [6.45, 7) is 5.30. The van der Waals surface area contributed by atoms with Gasteiger partial charge >= 0.3 is 0 Å². The van der Waals surface area contributed by atoms with Crippen LogP contribution in [0, 0.1) is 0 Å². The summed E-state index contributed by atoms with van der Waals surface area (Å²) in [4.78, 5) is 20.4. The summed E-state index contributed by atoms with van der Waals surface area (Å²) in [6.07, 6.45) is 1.66. The Labute approximate surface area is 137 Å². The van der Waals surface area contributed by atoms with Gasteiger partial charge in [-0.3, -0.25) is 9.78 Å². The van der Waals surface area contributed by atoms with E-state index in [2.05, 4.69) is 15.2 Å². The van der Waals surface area contributed by atoms with Crippen LogP contribution in [0.3, 0.4) is 0 Å². The lowest BCUT2D eigenvalue weighted by Gasteiger charge is -2.18. The Morgan fingerprint density at radius 1 is 1.04 bits per heavy atom. The fraction of sp³-hybridized carbons (Fsp3) is 0.333. The Bertz CT molecular complexity index is 648. The molecule has 1 heterocycles. The van der Waals surface area contributed by atoms with E-state index in [0.717, 1.165) is 17.1 Å². The number of anilines is 3. The molecule has 1 aromatic heterocycles. The van der Waals surface area contributed by atoms with E-state index in [9.17, 15) is 4.79 Å². The van der Waals surface area contributed by atoms with Gasteiger partial charge in [0.2, 0.25) is 0 Å². The van der Waals surface area contributed by atoms with E-state index >= 15 is 0 Å². The second-order valence-corrected chi connectivity index (χ2v) is 5.47. The van der Waals surface area contributed by atoms with Crippen molar-refractivity contribution in [3.8, 4) is 0 Å². The van der Waals surface area contributed by atoms with E-state index in [-0.39, 0.29) is 5.91 Å². The molecule has 122 valence electrons. The third-order valence-electron chi connectivity index (χ3n) is 3.70. The second kappa shape index (κ2) is 7.63. The van der Waals surface area contributed by atoms with Crippen molar-refractivity contribution in [2.24, 2.45) is 0 Å². The van der Waals surface area contributed by atoms with Gasteiger partial charge in [0.25, 0.3) is 5.91 Å². The molecule has 0 atom stereocenters. The molecule has 0 saturated carbocycles. The SMILES string of the molecule is CCN(CC)C(=O)c1cc(Nc2ccc(N(C)C)cc2)ccn1. The Balaban J connectivity index is 2.15. The molecular formula is C18H24N4O. The molecular weight excluding hydrogens is 288 g/mol. The molecule has 0 fully saturated rings. The molecule has 0 saturated heterocycles. The monoisotopic (exact) mass is 312 g/mol. The van der Waals surface area contributed by atoms with Gasteiger partial charge in [-0.25, -0.2) is 0 Å². The molecule has 1 amide bonds. The van der Waals surface area contributed by atoms with E-state index in [1.54, 1.807) is 17.2 Å². The van der Waals surface area contributed by atoms with Crippen LogP contribution in [0.2, 0.25) is 0 Å². The highest BCUT2D eigenvalue weighted by atomic mass is 16.2. The minimum atomic E-state index is -0.0402. The zero-order valence-electron chi connectivity index (χ0n) is 14.2. The Hall–Kier alpha value is -2.56. The van der Waals surface area contributed by atoms with Crippen LogP contribution in [0.1, 0.15) is 24.3 Å². The third kappa shape index (κ3) is 4.22. The average molecular weight is 312 g/mol. The molecule has 2 rings (SSSR count). The number of hydrogen-bond acceptors (Lipinski definition) is 4. The summed E-state index contributed by atoms with van der Waals surface area (Å²) in [5.41, 5.74) is 3.43. The Morgan fingerprint density at radius 2 is 1.70 bits per heavy atom. The molecule has 23 heavy (non-hydrogen) atoms. The number of aromatic nitrogens is 1. The van der Waals surface area contributed by atoms with Crippen molar-refractivity contribution in [1.82, 2.24) is 9.88 Å². The topological polar surface area (TPSA) is 48.5 Å². The maximum absolute atomic E-state index is 12.4. The lowest BCUT2D eigenvalue weighted by atomic mass is 10.2. The number of nitrogens with one attached hydrogen (secondary N) is 1. The normalized spacial score (nSPS) is 10.3. The maximum atomic E-state index is 12.4. The fourth-order valence-corrected chi connectivity index (χ4v) is 2.31. The molecule has 1 aromatic carbocycles. The number of pyridine rings is 1. The van der Waals surface area contributed by atoms with Crippen LogP contribution >= 0.6 is 0 Å². The highest BCUT2D eigenvalue weighted by Crippen LogP contribution is 2.20. The van der Waals surface area contributed by atoms with Crippen LogP contribution in [0.4, 0.5) is 17.1 Å². The molecule has 0 unspecified atom stereocenters. The van der Waals surface area contributed by atoms with Gasteiger partial charge in [-0.05, 0) is 50.2 Å². The number of nitrogens with zero attached hydrogens (tertiary/aromatic N) is 3. The highest BCUT2D eigenvalue weighted by molar-refractivity contribution is 5.93. The summed E-state index contributed by atoms with van der Waals surface area (Å²) in [7, 11) is 4.02. The maximum Gasteiger partial charge on any atom is 0.272 e. The summed E-state index contributed by atoms with van der Waals surface area (Å²) in [6, 6.07) is 11.8. The van der Waals surface area contributed by atoms with Gasteiger partial charge in [-0.2, -0.15) is 0 Å².